The fourth-order valence-corrected chi connectivity index (χ4v) is 0.922. The molecule has 0 spiro atoms. The maximum atomic E-state index is 11.1. The average Bonchev–Trinajstić information content (AvgIpc) is 2.31. The molecule has 0 aliphatic carbocycles. The Morgan fingerprint density at radius 3 is 1.63 bits per heavy atom. The van der Waals surface area contributed by atoms with Gasteiger partial charge in [0.15, 0.2) is 0 Å². The zero-order valence-electron chi connectivity index (χ0n) is 9.64. The van der Waals surface area contributed by atoms with Crippen LogP contribution in [0.25, 0.3) is 0 Å². The highest BCUT2D eigenvalue weighted by Gasteiger charge is 2.40. The zero-order valence-corrected chi connectivity index (χ0v) is 11.9. The van der Waals surface area contributed by atoms with Gasteiger partial charge in [-0.25, -0.2) is 9.59 Å². The van der Waals surface area contributed by atoms with E-state index in [4.69, 9.17) is 34.8 Å². The van der Waals surface area contributed by atoms with Crippen molar-refractivity contribution in [3.05, 3.63) is 25.3 Å². The molecule has 0 radical (unpaired) electrons. The third-order valence-electron chi connectivity index (χ3n) is 1.31. The molecule has 9 heteroatoms. The van der Waals surface area contributed by atoms with E-state index in [-0.39, 0.29) is 13.2 Å². The van der Waals surface area contributed by atoms with Gasteiger partial charge in [-0.15, -0.1) is 0 Å². The maximum Gasteiger partial charge on any atom is 0.511 e. The summed E-state index contributed by atoms with van der Waals surface area (Å²) in [6, 6.07) is 0. The van der Waals surface area contributed by atoms with Crippen LogP contribution in [-0.4, -0.2) is 35.6 Å². The summed E-state index contributed by atoms with van der Waals surface area (Å²) in [7, 11) is 0. The van der Waals surface area contributed by atoms with Crippen molar-refractivity contribution in [1.82, 2.24) is 0 Å². The molecule has 0 amide bonds. The summed E-state index contributed by atoms with van der Waals surface area (Å²) in [5.74, 6) is 0. The fourth-order valence-electron chi connectivity index (χ4n) is 0.654. The first-order valence-electron chi connectivity index (χ1n) is 4.76. The molecule has 0 atom stereocenters. The molecule has 6 nitrogen and oxygen atoms in total. The lowest BCUT2D eigenvalue weighted by Gasteiger charge is -2.22. The molecule has 108 valence electrons. The second-order valence-electron chi connectivity index (χ2n) is 2.81. The predicted octanol–water partition coefficient (Wildman–Crippen LogP) is 3.36. The number of alkyl halides is 3. The van der Waals surface area contributed by atoms with Crippen molar-refractivity contribution in [3.8, 4) is 0 Å². The number of hydrogen-bond donors (Lipinski definition) is 0. The van der Waals surface area contributed by atoms with E-state index in [1.54, 1.807) is 0 Å². The van der Waals surface area contributed by atoms with Crippen LogP contribution in [0.2, 0.25) is 0 Å². The van der Waals surface area contributed by atoms with Crippen molar-refractivity contribution < 1.29 is 28.5 Å². The minimum atomic E-state index is -2.21. The third kappa shape index (κ3) is 8.58. The van der Waals surface area contributed by atoms with Gasteiger partial charge in [0.1, 0.15) is 13.2 Å². The summed E-state index contributed by atoms with van der Waals surface area (Å²) in [5, 5.41) is 0. The van der Waals surface area contributed by atoms with E-state index in [2.05, 4.69) is 32.1 Å². The van der Waals surface area contributed by atoms with Gasteiger partial charge in [0.25, 0.3) is 3.79 Å². The lowest BCUT2D eigenvalue weighted by molar-refractivity contribution is -0.0988. The van der Waals surface area contributed by atoms with E-state index in [1.165, 1.54) is 12.2 Å². The second kappa shape index (κ2) is 8.90. The van der Waals surface area contributed by atoms with Crippen molar-refractivity contribution in [2.24, 2.45) is 0 Å². The molecule has 0 saturated carbocycles. The van der Waals surface area contributed by atoms with Crippen molar-refractivity contribution in [2.45, 2.75) is 10.1 Å². The molecule has 0 N–H and O–H groups in total. The summed E-state index contributed by atoms with van der Waals surface area (Å²) in [5.41, 5.74) is 0. The van der Waals surface area contributed by atoms with E-state index in [9.17, 15) is 9.59 Å². The minimum absolute atomic E-state index is 0.119. The average molecular weight is 334 g/mol. The Morgan fingerprint density at radius 2 is 1.37 bits per heavy atom. The number of carbonyl (C=O) groups is 2. The molecule has 0 fully saturated rings. The number of rotatable bonds is 6. The molecule has 0 aromatic rings. The summed E-state index contributed by atoms with van der Waals surface area (Å²) >= 11 is 16.4. The molecular weight excluding hydrogens is 322 g/mol. The predicted molar refractivity (Wildman–Crippen MR) is 69.3 cm³/mol. The molecule has 0 bridgehead atoms. The highest BCUT2D eigenvalue weighted by atomic mass is 35.6. The quantitative estimate of drug-likeness (QED) is 0.321. The zero-order chi connectivity index (χ0) is 14.9. The lowest BCUT2D eigenvalue weighted by atomic mass is 10.7. The van der Waals surface area contributed by atoms with Crippen LogP contribution in [0.15, 0.2) is 25.3 Å². The Hall–Kier alpha value is -1.11. The van der Waals surface area contributed by atoms with Crippen LogP contribution in [0.5, 0.6) is 0 Å². The van der Waals surface area contributed by atoms with E-state index < -0.39 is 22.4 Å². The summed E-state index contributed by atoms with van der Waals surface area (Å²) < 4.78 is 15.8. The molecule has 0 rings (SSSR count). The molecule has 0 unspecified atom stereocenters. The van der Waals surface area contributed by atoms with E-state index in [1.807, 2.05) is 0 Å². The van der Waals surface area contributed by atoms with Gasteiger partial charge in [-0.3, -0.25) is 0 Å². The molecule has 0 saturated heterocycles. The molecule has 0 aromatic carbocycles. The first kappa shape index (κ1) is 17.9. The van der Waals surface area contributed by atoms with Crippen molar-refractivity contribution in [3.63, 3.8) is 0 Å². The SMILES string of the molecule is C=CCOC(=O)OC(OC(=O)OCC=C)C(Cl)(Cl)Cl. The summed E-state index contributed by atoms with van der Waals surface area (Å²) in [6.45, 7) is 6.40. The fraction of sp³-hybridized carbons (Fsp3) is 0.400. The third-order valence-corrected chi connectivity index (χ3v) is 1.85. The normalized spacial score (nSPS) is 10.5. The highest BCUT2D eigenvalue weighted by Crippen LogP contribution is 2.33. The van der Waals surface area contributed by atoms with Crippen LogP contribution < -0.4 is 0 Å². The van der Waals surface area contributed by atoms with Gasteiger partial charge in [-0.2, -0.15) is 0 Å². The van der Waals surface area contributed by atoms with Gasteiger partial charge in [-0.05, 0) is 0 Å². The lowest BCUT2D eigenvalue weighted by Crippen LogP contribution is -2.36. The molecule has 0 aliphatic rings. The Labute approximate surface area is 124 Å². The molecule has 0 aliphatic heterocycles. The van der Waals surface area contributed by atoms with Crippen LogP contribution in [0.4, 0.5) is 9.59 Å². The van der Waals surface area contributed by atoms with Crippen molar-refractivity contribution >= 4 is 47.1 Å². The van der Waals surface area contributed by atoms with Crippen LogP contribution in [0.3, 0.4) is 0 Å². The Morgan fingerprint density at radius 1 is 1.00 bits per heavy atom. The van der Waals surface area contributed by atoms with Gasteiger partial charge >= 0.3 is 18.6 Å². The standard InChI is InChI=1S/C10H11Cl3O6/c1-3-5-16-8(14)18-7(10(11,12)13)19-9(15)17-6-4-2/h3-4,7H,1-2,5-6H2. The van der Waals surface area contributed by atoms with Crippen LogP contribution >= 0.6 is 34.8 Å². The smallest absolute Gasteiger partial charge is 0.430 e. The van der Waals surface area contributed by atoms with Gasteiger partial charge in [-0.1, -0.05) is 60.1 Å². The summed E-state index contributed by atoms with van der Waals surface area (Å²) in [4.78, 5) is 22.3. The van der Waals surface area contributed by atoms with Crippen LogP contribution in [0.1, 0.15) is 0 Å². The minimum Gasteiger partial charge on any atom is -0.430 e. The second-order valence-corrected chi connectivity index (χ2v) is 5.18. The number of hydrogen-bond acceptors (Lipinski definition) is 6. The Bertz CT molecular complexity index is 313. The van der Waals surface area contributed by atoms with E-state index >= 15 is 0 Å². The van der Waals surface area contributed by atoms with E-state index in [0.717, 1.165) is 0 Å². The molecule has 0 heterocycles. The highest BCUT2D eigenvalue weighted by molar-refractivity contribution is 6.68. The maximum absolute atomic E-state index is 11.1. The first-order valence-corrected chi connectivity index (χ1v) is 5.90. The van der Waals surface area contributed by atoms with Gasteiger partial charge in [0.05, 0.1) is 0 Å². The first-order chi connectivity index (χ1) is 8.81. The molecule has 19 heavy (non-hydrogen) atoms. The molecule has 0 aromatic heterocycles. The molecular formula is C10H11Cl3O6. The van der Waals surface area contributed by atoms with Crippen LogP contribution in [0, 0.1) is 0 Å². The van der Waals surface area contributed by atoms with Gasteiger partial charge in [0.2, 0.25) is 0 Å². The summed E-state index contributed by atoms with van der Waals surface area (Å²) in [6.07, 6.45) is -1.64. The number of halogens is 3. The largest absolute Gasteiger partial charge is 0.511 e. The van der Waals surface area contributed by atoms with E-state index in [0.29, 0.717) is 0 Å². The van der Waals surface area contributed by atoms with Crippen LogP contribution in [-0.2, 0) is 18.9 Å². The van der Waals surface area contributed by atoms with Gasteiger partial charge in [0, 0.05) is 0 Å². The van der Waals surface area contributed by atoms with Crippen molar-refractivity contribution in [1.29, 1.82) is 0 Å². The monoisotopic (exact) mass is 332 g/mol. The van der Waals surface area contributed by atoms with Gasteiger partial charge < -0.3 is 18.9 Å². The number of ether oxygens (including phenoxy) is 4. The Kier molecular flexibility index (Phi) is 8.38. The topological polar surface area (TPSA) is 71.1 Å². The Balaban J connectivity index is 4.47. The number of carbonyl (C=O) groups excluding carboxylic acids is 2. The van der Waals surface area contributed by atoms with Crippen molar-refractivity contribution in [2.75, 3.05) is 13.2 Å².